The highest BCUT2D eigenvalue weighted by atomic mass is 19.2. The van der Waals surface area contributed by atoms with Crippen LogP contribution in [0.4, 0.5) is 52.7 Å². The van der Waals surface area contributed by atoms with Crippen LogP contribution in [-0.4, -0.2) is 9.97 Å². The highest BCUT2D eigenvalue weighted by molar-refractivity contribution is 6.11. The summed E-state index contributed by atoms with van der Waals surface area (Å²) in [5, 5.41) is 19.4. The minimum atomic E-state index is -2.69. The number of pyridine rings is 2. The van der Waals surface area contributed by atoms with Crippen molar-refractivity contribution in [1.29, 1.82) is 10.5 Å². The second-order valence-electron chi connectivity index (χ2n) is 8.19. The molecule has 17 heteroatoms. The third-order valence-corrected chi connectivity index (χ3v) is 5.91. The Morgan fingerprint density at radius 3 is 1.33 bits per heavy atom. The van der Waals surface area contributed by atoms with Gasteiger partial charge in [0.05, 0.1) is 40.1 Å². The van der Waals surface area contributed by atoms with Crippen LogP contribution in [0.2, 0.25) is 0 Å². The summed E-state index contributed by atoms with van der Waals surface area (Å²) >= 11 is 0. The van der Waals surface area contributed by atoms with Gasteiger partial charge in [0.25, 0.3) is 11.9 Å². The normalized spacial score (nSPS) is 15.9. The van der Waals surface area contributed by atoms with E-state index in [2.05, 4.69) is 14.8 Å². The number of nitriles is 2. The monoisotopic (exact) mass is 613 g/mol. The van der Waals surface area contributed by atoms with Gasteiger partial charge in [-0.25, -0.2) is 49.3 Å². The predicted octanol–water partition coefficient (Wildman–Crippen LogP) is 7.05. The Morgan fingerprint density at radius 2 is 0.907 bits per heavy atom. The summed E-state index contributed by atoms with van der Waals surface area (Å²) in [5.41, 5.74) is -14.9. The van der Waals surface area contributed by atoms with Crippen molar-refractivity contribution < 1.29 is 52.7 Å². The number of halogens is 12. The fourth-order valence-electron chi connectivity index (χ4n) is 4.00. The van der Waals surface area contributed by atoms with Crippen LogP contribution in [0.1, 0.15) is 22.4 Å². The Balaban J connectivity index is 2.34. The average molecular weight is 613 g/mol. The Kier molecular flexibility index (Phi) is 7.51. The Hall–Kier alpha value is -5.63. The summed E-state index contributed by atoms with van der Waals surface area (Å²) in [7, 11) is 0. The van der Waals surface area contributed by atoms with E-state index in [0.29, 0.717) is 0 Å². The van der Waals surface area contributed by atoms with E-state index >= 15 is 0 Å². The number of rotatable bonds is 3. The van der Waals surface area contributed by atoms with E-state index in [-0.39, 0.29) is 0 Å². The van der Waals surface area contributed by atoms with Crippen molar-refractivity contribution in [2.24, 2.45) is 0 Å². The van der Waals surface area contributed by atoms with Crippen molar-refractivity contribution in [3.63, 3.8) is 0 Å². The van der Waals surface area contributed by atoms with Gasteiger partial charge < -0.3 is 0 Å². The zero-order valence-corrected chi connectivity index (χ0v) is 20.3. The summed E-state index contributed by atoms with van der Waals surface area (Å²) in [6, 6.07) is 2.13. The molecule has 0 spiro atoms. The van der Waals surface area contributed by atoms with Gasteiger partial charge in [-0.05, 0) is 23.6 Å². The van der Waals surface area contributed by atoms with E-state index in [9.17, 15) is 63.2 Å². The number of nitrogens with zero attached hydrogens (tertiary/aromatic N) is 5. The van der Waals surface area contributed by atoms with Crippen LogP contribution < -0.4 is 0 Å². The molecular formula is C26H3F12N5. The van der Waals surface area contributed by atoms with Crippen molar-refractivity contribution in [3.8, 4) is 12.1 Å². The first-order valence-corrected chi connectivity index (χ1v) is 10.8. The van der Waals surface area contributed by atoms with Gasteiger partial charge >= 0.3 is 0 Å². The average Bonchev–Trinajstić information content (AvgIpc) is 3.69. The molecule has 0 bridgehead atoms. The molecule has 0 atom stereocenters. The maximum absolute atomic E-state index is 14.9. The number of hydrogen-bond acceptors (Lipinski definition) is 4. The fraction of sp³-hybridized carbons (Fsp3) is 0.0385. The molecule has 2 heterocycles. The third kappa shape index (κ3) is 4.44. The number of aryl methyl sites for hydroxylation is 1. The predicted molar refractivity (Wildman–Crippen MR) is 118 cm³/mol. The molecule has 4 rings (SSSR count). The van der Waals surface area contributed by atoms with Crippen LogP contribution in [0.25, 0.3) is 21.7 Å². The van der Waals surface area contributed by atoms with Gasteiger partial charge in [-0.1, -0.05) is 0 Å². The number of benzene rings is 1. The quantitative estimate of drug-likeness (QED) is 0.0793. The number of hydrogen-bond donors (Lipinski definition) is 0. The van der Waals surface area contributed by atoms with Gasteiger partial charge in [0.1, 0.15) is 12.1 Å². The van der Waals surface area contributed by atoms with Gasteiger partial charge in [0.2, 0.25) is 17.5 Å². The van der Waals surface area contributed by atoms with Crippen molar-refractivity contribution in [1.82, 2.24) is 9.97 Å². The van der Waals surface area contributed by atoms with Gasteiger partial charge in [0.15, 0.2) is 46.5 Å². The molecule has 3 aromatic rings. The molecule has 0 radical (unpaired) electrons. The summed E-state index contributed by atoms with van der Waals surface area (Å²) in [5.74, 6) is -28.7. The lowest BCUT2D eigenvalue weighted by atomic mass is 10.0. The van der Waals surface area contributed by atoms with Crippen molar-refractivity contribution in [2.75, 3.05) is 0 Å². The molecule has 1 aliphatic carbocycles. The van der Waals surface area contributed by atoms with Crippen LogP contribution in [0.3, 0.4) is 0 Å². The highest BCUT2D eigenvalue weighted by Crippen LogP contribution is 2.57. The van der Waals surface area contributed by atoms with Crippen LogP contribution in [0, 0.1) is 106 Å². The lowest BCUT2D eigenvalue weighted by molar-refractivity contribution is 0.376. The maximum atomic E-state index is 14.9. The van der Waals surface area contributed by atoms with E-state index in [1.165, 1.54) is 0 Å². The second-order valence-corrected chi connectivity index (χ2v) is 8.19. The van der Waals surface area contributed by atoms with Gasteiger partial charge in [0, 0.05) is 0 Å². The lowest BCUT2D eigenvalue weighted by Gasteiger charge is -2.07. The summed E-state index contributed by atoms with van der Waals surface area (Å²) < 4.78 is 172. The first-order valence-electron chi connectivity index (χ1n) is 10.8. The van der Waals surface area contributed by atoms with Crippen molar-refractivity contribution in [3.05, 3.63) is 121 Å². The minimum absolute atomic E-state index is 0.773. The first kappa shape index (κ1) is 30.3. The molecule has 2 aromatic heterocycles. The molecule has 0 unspecified atom stereocenters. The maximum Gasteiger partial charge on any atom is 0.251 e. The zero-order valence-electron chi connectivity index (χ0n) is 20.3. The lowest BCUT2D eigenvalue weighted by Crippen LogP contribution is -2.06. The Morgan fingerprint density at radius 1 is 0.535 bits per heavy atom. The second kappa shape index (κ2) is 10.6. The summed E-state index contributed by atoms with van der Waals surface area (Å²) in [6.07, 6.45) is 0. The van der Waals surface area contributed by atoms with E-state index in [4.69, 9.17) is 6.57 Å². The Labute approximate surface area is 230 Å². The van der Waals surface area contributed by atoms with Gasteiger partial charge in [-0.15, -0.1) is 0 Å². The number of allylic oxidation sites excluding steroid dienone is 5. The molecule has 1 aliphatic rings. The molecule has 1 fully saturated rings. The molecule has 216 valence electrons. The van der Waals surface area contributed by atoms with Crippen LogP contribution in [0.15, 0.2) is 16.7 Å². The molecule has 0 saturated heterocycles. The topological polar surface area (TPSA) is 77.7 Å². The summed E-state index contributed by atoms with van der Waals surface area (Å²) in [6.45, 7) is 8.12. The standard InChI is InChI=1S/C26H3F12N5/c1-5-14(27)10(17(30)24(36)42-5)6(3-39)8-9(7(4-40)11-15(28)20(33)22(35)21(34)16(11)29)12(8)23(41-2)13-18(31)25(37)43-26(38)19(13)32/h1H3. The third-order valence-electron chi connectivity index (χ3n) is 5.91. The Bertz CT molecular complexity index is 1860. The van der Waals surface area contributed by atoms with E-state index < -0.39 is 126 Å². The van der Waals surface area contributed by atoms with E-state index in [1.54, 1.807) is 0 Å². The van der Waals surface area contributed by atoms with Crippen LogP contribution in [-0.2, 0) is 0 Å². The van der Waals surface area contributed by atoms with Crippen molar-refractivity contribution >= 4 is 16.8 Å². The summed E-state index contributed by atoms with van der Waals surface area (Å²) in [4.78, 5) is 7.78. The molecule has 0 amide bonds. The van der Waals surface area contributed by atoms with E-state index in [1.807, 2.05) is 0 Å². The zero-order chi connectivity index (χ0) is 32.2. The van der Waals surface area contributed by atoms with Gasteiger partial charge in [-0.2, -0.15) is 28.7 Å². The number of aromatic nitrogens is 2. The highest BCUT2D eigenvalue weighted by Gasteiger charge is 2.45. The SMILES string of the molecule is [C-]#[N+]C(=C1C(=C(C#N)c2c(F)c(C)nc(F)c2F)C1=C(C#N)c1c(F)c(F)c(F)c(F)c1F)c1c(F)c(F)nc(F)c1F. The van der Waals surface area contributed by atoms with Gasteiger partial charge in [-0.3, -0.25) is 0 Å². The largest absolute Gasteiger partial charge is 0.251 e. The molecule has 0 aliphatic heterocycles. The van der Waals surface area contributed by atoms with Crippen LogP contribution in [0.5, 0.6) is 0 Å². The molecule has 43 heavy (non-hydrogen) atoms. The van der Waals surface area contributed by atoms with Crippen molar-refractivity contribution in [2.45, 2.75) is 6.92 Å². The van der Waals surface area contributed by atoms with Crippen LogP contribution >= 0.6 is 0 Å². The molecule has 1 aromatic carbocycles. The smallest absolute Gasteiger partial charge is 0.237 e. The fourth-order valence-corrected chi connectivity index (χ4v) is 4.00. The van der Waals surface area contributed by atoms with E-state index in [0.717, 1.165) is 19.1 Å². The molecule has 1 saturated carbocycles. The minimum Gasteiger partial charge on any atom is -0.237 e. The first-order chi connectivity index (χ1) is 20.2. The molecular weight excluding hydrogens is 610 g/mol. The molecule has 0 N–H and O–H groups in total. The molecule has 5 nitrogen and oxygen atoms in total.